The topological polar surface area (TPSA) is 103 Å². The molecule has 3 rings (SSSR count). The van der Waals surface area contributed by atoms with Gasteiger partial charge in [-0.3, -0.25) is 13.9 Å². The van der Waals surface area contributed by atoms with Crippen molar-refractivity contribution in [1.29, 1.82) is 5.26 Å². The van der Waals surface area contributed by atoms with E-state index in [1.807, 2.05) is 6.07 Å². The lowest BCUT2D eigenvalue weighted by atomic mass is 10.1. The van der Waals surface area contributed by atoms with Gasteiger partial charge in [0.15, 0.2) is 0 Å². The van der Waals surface area contributed by atoms with Crippen LogP contribution in [0.1, 0.15) is 11.1 Å². The monoisotopic (exact) mass is 368 g/mol. The van der Waals surface area contributed by atoms with E-state index in [2.05, 4.69) is 0 Å². The molecule has 0 unspecified atom stereocenters. The fraction of sp³-hybridized carbons (Fsp3) is 0.211. The highest BCUT2D eigenvalue weighted by Crippen LogP contribution is 2.16. The number of benzene rings is 2. The molecule has 0 aliphatic carbocycles. The number of nitriles is 1. The first-order valence-electron chi connectivity index (χ1n) is 8.16. The van der Waals surface area contributed by atoms with Crippen LogP contribution >= 0.6 is 0 Å². The molecule has 0 fully saturated rings. The van der Waals surface area contributed by atoms with Gasteiger partial charge in [-0.15, -0.1) is 0 Å². The van der Waals surface area contributed by atoms with Crippen LogP contribution in [0.15, 0.2) is 46.0 Å². The van der Waals surface area contributed by atoms with Crippen molar-refractivity contribution in [3.05, 3.63) is 74.2 Å². The van der Waals surface area contributed by atoms with Crippen LogP contribution in [0.5, 0.6) is 0 Å². The number of hydrogen-bond donors (Lipinski definition) is 1. The zero-order chi connectivity index (χ0) is 19.6. The second-order valence-electron chi connectivity index (χ2n) is 6.01. The summed E-state index contributed by atoms with van der Waals surface area (Å²) in [5.41, 5.74) is 5.90. The van der Waals surface area contributed by atoms with Gasteiger partial charge in [-0.25, -0.2) is 9.18 Å². The smallest absolute Gasteiger partial charge is 0.331 e. The highest BCUT2D eigenvalue weighted by Gasteiger charge is 2.15. The molecule has 1 aromatic heterocycles. The molecule has 8 heteroatoms. The van der Waals surface area contributed by atoms with E-state index in [0.29, 0.717) is 11.2 Å². The molecule has 2 aromatic carbocycles. The van der Waals surface area contributed by atoms with Crippen LogP contribution in [-0.2, 0) is 17.8 Å². The molecule has 27 heavy (non-hydrogen) atoms. The number of rotatable bonds is 5. The lowest BCUT2D eigenvalue weighted by molar-refractivity contribution is 0.184. The van der Waals surface area contributed by atoms with E-state index in [4.69, 9.17) is 15.7 Å². The first-order chi connectivity index (χ1) is 13.0. The standard InChI is InChI=1S/C19H17FN4O3/c1-27-7-6-23-18(25)15-9-14(22)4-5-17(15)24(19(23)26)11-13-3-2-12(10-21)8-16(13)20/h2-5,8-9H,6-7,11,22H2,1H3. The zero-order valence-electron chi connectivity index (χ0n) is 14.6. The highest BCUT2D eigenvalue weighted by atomic mass is 19.1. The molecule has 2 N–H and O–H groups in total. The summed E-state index contributed by atoms with van der Waals surface area (Å²) >= 11 is 0. The number of nitrogen functional groups attached to an aromatic ring is 1. The van der Waals surface area contributed by atoms with Crippen molar-refractivity contribution in [2.24, 2.45) is 0 Å². The summed E-state index contributed by atoms with van der Waals surface area (Å²) in [6.45, 7) is 0.146. The predicted octanol–water partition coefficient (Wildman–Crippen LogP) is 1.45. The zero-order valence-corrected chi connectivity index (χ0v) is 14.6. The Bertz CT molecular complexity index is 1170. The third kappa shape index (κ3) is 3.45. The van der Waals surface area contributed by atoms with E-state index in [1.165, 1.54) is 29.9 Å². The molecular formula is C19H17FN4O3. The molecule has 0 aliphatic rings. The third-order valence-corrected chi connectivity index (χ3v) is 4.28. The summed E-state index contributed by atoms with van der Waals surface area (Å²) in [7, 11) is 1.47. The van der Waals surface area contributed by atoms with Crippen LogP contribution < -0.4 is 17.0 Å². The van der Waals surface area contributed by atoms with Gasteiger partial charge in [0, 0.05) is 18.4 Å². The number of aromatic nitrogens is 2. The molecule has 0 saturated heterocycles. The van der Waals surface area contributed by atoms with Crippen molar-refractivity contribution in [2.45, 2.75) is 13.1 Å². The first-order valence-corrected chi connectivity index (χ1v) is 8.16. The number of methoxy groups -OCH3 is 1. The average molecular weight is 368 g/mol. The number of nitrogens with two attached hydrogens (primary N) is 1. The van der Waals surface area contributed by atoms with Crippen molar-refractivity contribution in [3.63, 3.8) is 0 Å². The molecule has 0 amide bonds. The number of ether oxygens (including phenoxy) is 1. The molecule has 0 spiro atoms. The largest absolute Gasteiger partial charge is 0.399 e. The van der Waals surface area contributed by atoms with Crippen molar-refractivity contribution in [1.82, 2.24) is 9.13 Å². The second kappa shape index (κ2) is 7.43. The van der Waals surface area contributed by atoms with Crippen molar-refractivity contribution in [2.75, 3.05) is 19.5 Å². The Labute approximate surface area is 153 Å². The van der Waals surface area contributed by atoms with Crippen LogP contribution in [0.3, 0.4) is 0 Å². The highest BCUT2D eigenvalue weighted by molar-refractivity contribution is 5.81. The van der Waals surface area contributed by atoms with E-state index >= 15 is 0 Å². The van der Waals surface area contributed by atoms with E-state index in [0.717, 1.165) is 10.6 Å². The molecule has 0 radical (unpaired) electrons. The number of nitrogens with zero attached hydrogens (tertiary/aromatic N) is 3. The Hall–Kier alpha value is -3.44. The minimum absolute atomic E-state index is 0.0642. The molecule has 0 atom stereocenters. The van der Waals surface area contributed by atoms with Crippen LogP contribution in [0, 0.1) is 17.1 Å². The number of anilines is 1. The molecule has 138 valence electrons. The van der Waals surface area contributed by atoms with Gasteiger partial charge in [-0.2, -0.15) is 5.26 Å². The van der Waals surface area contributed by atoms with E-state index in [9.17, 15) is 14.0 Å². The molecule has 0 saturated carbocycles. The van der Waals surface area contributed by atoms with E-state index < -0.39 is 17.1 Å². The maximum atomic E-state index is 14.3. The summed E-state index contributed by atoms with van der Waals surface area (Å²) in [4.78, 5) is 25.6. The van der Waals surface area contributed by atoms with Gasteiger partial charge in [-0.05, 0) is 30.3 Å². The lowest BCUT2D eigenvalue weighted by Crippen LogP contribution is -2.41. The molecule has 7 nitrogen and oxygen atoms in total. The Morgan fingerprint density at radius 3 is 2.63 bits per heavy atom. The number of halogens is 1. The van der Waals surface area contributed by atoms with E-state index in [-0.39, 0.29) is 36.2 Å². The normalized spacial score (nSPS) is 10.9. The minimum atomic E-state index is -0.598. The van der Waals surface area contributed by atoms with Gasteiger partial charge in [0.05, 0.1) is 42.2 Å². The van der Waals surface area contributed by atoms with Gasteiger partial charge in [-0.1, -0.05) is 6.07 Å². The Kier molecular flexibility index (Phi) is 5.05. The van der Waals surface area contributed by atoms with Gasteiger partial charge in [0.25, 0.3) is 5.56 Å². The van der Waals surface area contributed by atoms with Gasteiger partial charge >= 0.3 is 5.69 Å². The van der Waals surface area contributed by atoms with Crippen LogP contribution in [0.4, 0.5) is 10.1 Å². The summed E-state index contributed by atoms with van der Waals surface area (Å²) < 4.78 is 21.7. The minimum Gasteiger partial charge on any atom is -0.399 e. The lowest BCUT2D eigenvalue weighted by Gasteiger charge is -2.15. The second-order valence-corrected chi connectivity index (χ2v) is 6.01. The quantitative estimate of drug-likeness (QED) is 0.687. The summed E-state index contributed by atoms with van der Waals surface area (Å²) in [6, 6.07) is 10.5. The molecule has 1 heterocycles. The van der Waals surface area contributed by atoms with Crippen molar-refractivity contribution in [3.8, 4) is 6.07 Å². The molecule has 0 aliphatic heterocycles. The Morgan fingerprint density at radius 1 is 1.19 bits per heavy atom. The molecule has 0 bridgehead atoms. The SMILES string of the molecule is COCCn1c(=O)c2cc(N)ccc2n(Cc2ccc(C#N)cc2F)c1=O. The van der Waals surface area contributed by atoms with Gasteiger partial charge in [0.1, 0.15) is 5.82 Å². The van der Waals surface area contributed by atoms with Crippen molar-refractivity contribution < 1.29 is 9.13 Å². The summed E-state index contributed by atoms with van der Waals surface area (Å²) in [5, 5.41) is 9.13. The maximum absolute atomic E-state index is 14.3. The van der Waals surface area contributed by atoms with Crippen LogP contribution in [0.25, 0.3) is 10.9 Å². The number of hydrogen-bond acceptors (Lipinski definition) is 5. The van der Waals surface area contributed by atoms with Gasteiger partial charge in [0.2, 0.25) is 0 Å². The molecule has 3 aromatic rings. The predicted molar refractivity (Wildman–Crippen MR) is 99.0 cm³/mol. The fourth-order valence-corrected chi connectivity index (χ4v) is 2.89. The first kappa shape index (κ1) is 18.4. The van der Waals surface area contributed by atoms with Crippen LogP contribution in [0.2, 0.25) is 0 Å². The Balaban J connectivity index is 2.24. The average Bonchev–Trinajstić information content (AvgIpc) is 2.66. The summed E-state index contributed by atoms with van der Waals surface area (Å²) in [5.74, 6) is -0.598. The third-order valence-electron chi connectivity index (χ3n) is 4.28. The van der Waals surface area contributed by atoms with Crippen LogP contribution in [-0.4, -0.2) is 22.9 Å². The van der Waals surface area contributed by atoms with E-state index in [1.54, 1.807) is 12.1 Å². The van der Waals surface area contributed by atoms with Gasteiger partial charge < -0.3 is 10.5 Å². The molecular weight excluding hydrogens is 351 g/mol. The maximum Gasteiger partial charge on any atom is 0.331 e. The Morgan fingerprint density at radius 2 is 1.96 bits per heavy atom. The fourth-order valence-electron chi connectivity index (χ4n) is 2.89. The number of fused-ring (bicyclic) bond motifs is 1. The summed E-state index contributed by atoms with van der Waals surface area (Å²) in [6.07, 6.45) is 0. The van der Waals surface area contributed by atoms with Crippen molar-refractivity contribution >= 4 is 16.6 Å².